The van der Waals surface area contributed by atoms with Crippen LogP contribution < -0.4 is 16.4 Å². The van der Waals surface area contributed by atoms with Crippen molar-refractivity contribution in [3.05, 3.63) is 10.9 Å². The standard InChI is InChI=1S/C9H13N3O3S2/c10-6-5-7(16-8(6)9(11)13)12-1-3-17(14,15)4-2-12/h5H,1-4,10H2,(H2,11,13). The van der Waals surface area contributed by atoms with Crippen LogP contribution in [0.25, 0.3) is 0 Å². The molecule has 0 aliphatic carbocycles. The van der Waals surface area contributed by atoms with Crippen LogP contribution in [0.15, 0.2) is 6.07 Å². The normalized spacial score (nSPS) is 19.2. The molecule has 1 aromatic heterocycles. The Morgan fingerprint density at radius 1 is 1.35 bits per heavy atom. The molecule has 94 valence electrons. The summed E-state index contributed by atoms with van der Waals surface area (Å²) in [5.41, 5.74) is 11.2. The molecular weight excluding hydrogens is 262 g/mol. The maximum atomic E-state index is 11.3. The summed E-state index contributed by atoms with van der Waals surface area (Å²) in [7, 11) is -2.90. The molecule has 0 saturated carbocycles. The van der Waals surface area contributed by atoms with E-state index in [2.05, 4.69) is 0 Å². The molecule has 17 heavy (non-hydrogen) atoms. The van der Waals surface area contributed by atoms with E-state index in [1.165, 1.54) is 11.3 Å². The van der Waals surface area contributed by atoms with Gasteiger partial charge in [0.2, 0.25) is 0 Å². The van der Waals surface area contributed by atoms with E-state index in [0.29, 0.717) is 23.7 Å². The Morgan fingerprint density at radius 2 is 1.94 bits per heavy atom. The molecule has 1 aromatic rings. The molecule has 0 aromatic carbocycles. The highest BCUT2D eigenvalue weighted by Crippen LogP contribution is 2.32. The van der Waals surface area contributed by atoms with Gasteiger partial charge in [-0.2, -0.15) is 0 Å². The van der Waals surface area contributed by atoms with Crippen LogP contribution in [0.5, 0.6) is 0 Å². The van der Waals surface area contributed by atoms with Crippen molar-refractivity contribution in [3.8, 4) is 0 Å². The van der Waals surface area contributed by atoms with E-state index in [1.807, 2.05) is 4.90 Å². The number of anilines is 2. The van der Waals surface area contributed by atoms with Crippen molar-refractivity contribution in [1.82, 2.24) is 0 Å². The highest BCUT2D eigenvalue weighted by atomic mass is 32.2. The van der Waals surface area contributed by atoms with Crippen LogP contribution in [-0.2, 0) is 9.84 Å². The van der Waals surface area contributed by atoms with Gasteiger partial charge in [0, 0.05) is 13.1 Å². The van der Waals surface area contributed by atoms with E-state index in [9.17, 15) is 13.2 Å². The third-order valence-corrected chi connectivity index (χ3v) is 5.46. The van der Waals surface area contributed by atoms with E-state index >= 15 is 0 Å². The van der Waals surface area contributed by atoms with Gasteiger partial charge < -0.3 is 16.4 Å². The molecule has 1 saturated heterocycles. The average Bonchev–Trinajstić information content (AvgIpc) is 2.60. The van der Waals surface area contributed by atoms with E-state index in [-0.39, 0.29) is 11.5 Å². The van der Waals surface area contributed by atoms with Gasteiger partial charge in [-0.05, 0) is 6.07 Å². The van der Waals surface area contributed by atoms with Crippen molar-refractivity contribution in [2.75, 3.05) is 35.2 Å². The van der Waals surface area contributed by atoms with Crippen molar-refractivity contribution in [3.63, 3.8) is 0 Å². The molecule has 0 bridgehead atoms. The molecule has 0 atom stereocenters. The topological polar surface area (TPSA) is 106 Å². The fourth-order valence-corrected chi connectivity index (χ4v) is 3.86. The number of rotatable bonds is 2. The minimum absolute atomic E-state index is 0.136. The van der Waals surface area contributed by atoms with Gasteiger partial charge in [-0.1, -0.05) is 0 Å². The lowest BCUT2D eigenvalue weighted by atomic mass is 10.3. The summed E-state index contributed by atoms with van der Waals surface area (Å²) in [6, 6.07) is 1.67. The number of amides is 1. The Labute approximate surface area is 103 Å². The van der Waals surface area contributed by atoms with Crippen molar-refractivity contribution in [2.45, 2.75) is 0 Å². The first-order valence-corrected chi connectivity index (χ1v) is 7.67. The van der Waals surface area contributed by atoms with E-state index < -0.39 is 15.7 Å². The van der Waals surface area contributed by atoms with E-state index in [0.717, 1.165) is 5.00 Å². The summed E-state index contributed by atoms with van der Waals surface area (Å²) in [6.07, 6.45) is 0. The van der Waals surface area contributed by atoms with Crippen LogP contribution in [0.3, 0.4) is 0 Å². The number of nitrogens with zero attached hydrogens (tertiary/aromatic N) is 1. The minimum atomic E-state index is -2.90. The van der Waals surface area contributed by atoms with E-state index in [1.54, 1.807) is 6.07 Å². The van der Waals surface area contributed by atoms with Gasteiger partial charge in [-0.25, -0.2) is 8.42 Å². The Morgan fingerprint density at radius 3 is 2.41 bits per heavy atom. The lowest BCUT2D eigenvalue weighted by Crippen LogP contribution is -2.39. The van der Waals surface area contributed by atoms with Crippen molar-refractivity contribution in [1.29, 1.82) is 0 Å². The zero-order chi connectivity index (χ0) is 12.6. The second-order valence-electron chi connectivity index (χ2n) is 3.87. The van der Waals surface area contributed by atoms with Gasteiger partial charge in [-0.15, -0.1) is 11.3 Å². The van der Waals surface area contributed by atoms with Gasteiger partial charge in [-0.3, -0.25) is 4.79 Å². The van der Waals surface area contributed by atoms with E-state index in [4.69, 9.17) is 11.5 Å². The van der Waals surface area contributed by atoms with Crippen LogP contribution in [-0.4, -0.2) is 38.9 Å². The quantitative estimate of drug-likeness (QED) is 0.768. The summed E-state index contributed by atoms with van der Waals surface area (Å²) in [5.74, 6) is -0.281. The zero-order valence-corrected chi connectivity index (χ0v) is 10.7. The number of sulfone groups is 1. The second kappa shape index (κ2) is 4.19. The number of carbonyl (C=O) groups excluding carboxylic acids is 1. The molecule has 2 rings (SSSR count). The Hall–Kier alpha value is -1.28. The lowest BCUT2D eigenvalue weighted by Gasteiger charge is -2.27. The largest absolute Gasteiger partial charge is 0.397 e. The highest BCUT2D eigenvalue weighted by Gasteiger charge is 2.24. The Kier molecular flexibility index (Phi) is 3.00. The zero-order valence-electron chi connectivity index (χ0n) is 9.05. The minimum Gasteiger partial charge on any atom is -0.397 e. The van der Waals surface area contributed by atoms with Gasteiger partial charge in [0.05, 0.1) is 22.2 Å². The molecule has 1 amide bonds. The Bertz CT molecular complexity index is 536. The van der Waals surface area contributed by atoms with Crippen LogP contribution >= 0.6 is 11.3 Å². The molecule has 1 fully saturated rings. The predicted molar refractivity (Wildman–Crippen MR) is 68.1 cm³/mol. The predicted octanol–water partition coefficient (Wildman–Crippen LogP) is -0.336. The first kappa shape index (κ1) is 12.2. The Balaban J connectivity index is 2.19. The van der Waals surface area contributed by atoms with Crippen LogP contribution in [0.2, 0.25) is 0 Å². The summed E-state index contributed by atoms with van der Waals surface area (Å²) in [4.78, 5) is 13.3. The summed E-state index contributed by atoms with van der Waals surface area (Å²) in [5, 5.41) is 0.797. The number of thiophene rings is 1. The second-order valence-corrected chi connectivity index (χ2v) is 7.21. The SMILES string of the molecule is NC(=O)c1sc(N2CCS(=O)(=O)CC2)cc1N. The fraction of sp³-hybridized carbons (Fsp3) is 0.444. The number of nitrogen functional groups attached to an aromatic ring is 1. The third kappa shape index (κ3) is 2.52. The monoisotopic (exact) mass is 275 g/mol. The molecule has 6 nitrogen and oxygen atoms in total. The van der Waals surface area contributed by atoms with Crippen molar-refractivity contribution < 1.29 is 13.2 Å². The first-order chi connectivity index (χ1) is 7.89. The van der Waals surface area contributed by atoms with Gasteiger partial charge in [0.25, 0.3) is 5.91 Å². The molecule has 4 N–H and O–H groups in total. The smallest absolute Gasteiger partial charge is 0.260 e. The van der Waals surface area contributed by atoms with Crippen molar-refractivity contribution in [2.24, 2.45) is 5.73 Å². The van der Waals surface area contributed by atoms with Crippen LogP contribution in [0.4, 0.5) is 10.7 Å². The fourth-order valence-electron chi connectivity index (χ4n) is 1.67. The maximum absolute atomic E-state index is 11.3. The molecule has 0 unspecified atom stereocenters. The summed E-state index contributed by atoms with van der Waals surface area (Å²) < 4.78 is 22.6. The molecular formula is C9H13N3O3S2. The molecule has 0 spiro atoms. The number of carbonyl (C=O) groups is 1. The molecule has 0 radical (unpaired) electrons. The number of hydrogen-bond donors (Lipinski definition) is 2. The molecule has 2 heterocycles. The highest BCUT2D eigenvalue weighted by molar-refractivity contribution is 7.91. The third-order valence-electron chi connectivity index (χ3n) is 2.63. The van der Waals surface area contributed by atoms with Gasteiger partial charge >= 0.3 is 0 Å². The first-order valence-electron chi connectivity index (χ1n) is 5.03. The lowest BCUT2D eigenvalue weighted by molar-refractivity contribution is 0.100. The van der Waals surface area contributed by atoms with Gasteiger partial charge in [0.1, 0.15) is 4.88 Å². The molecule has 1 aliphatic rings. The average molecular weight is 275 g/mol. The van der Waals surface area contributed by atoms with Crippen molar-refractivity contribution >= 4 is 37.8 Å². The summed E-state index contributed by atoms with van der Waals surface area (Å²) >= 11 is 1.21. The molecule has 1 aliphatic heterocycles. The summed E-state index contributed by atoms with van der Waals surface area (Å²) in [6.45, 7) is 0.862. The molecule has 8 heteroatoms. The van der Waals surface area contributed by atoms with Crippen LogP contribution in [0, 0.1) is 0 Å². The number of nitrogens with two attached hydrogens (primary N) is 2. The van der Waals surface area contributed by atoms with Gasteiger partial charge in [0.15, 0.2) is 9.84 Å². The number of hydrogen-bond acceptors (Lipinski definition) is 6. The number of primary amides is 1. The maximum Gasteiger partial charge on any atom is 0.260 e. The van der Waals surface area contributed by atoms with Crippen LogP contribution in [0.1, 0.15) is 9.67 Å².